The standard InChI is InChI=1S/C22H18ClN3OS/c1-14-11-15(2)21(17(23)12-14)24-22(27)19-13-18(20-9-6-10-28-20)25-26(19)16-7-4-3-5-8-16/h3-13H,1-2H3,(H,24,27). The minimum Gasteiger partial charge on any atom is -0.319 e. The van der Waals surface area contributed by atoms with Gasteiger partial charge >= 0.3 is 0 Å². The predicted molar refractivity (Wildman–Crippen MR) is 116 cm³/mol. The maximum absolute atomic E-state index is 13.2. The fourth-order valence-electron chi connectivity index (χ4n) is 3.11. The fourth-order valence-corrected chi connectivity index (χ4v) is 4.15. The molecule has 0 radical (unpaired) electrons. The Hall–Kier alpha value is -2.89. The van der Waals surface area contributed by atoms with Crippen molar-refractivity contribution in [3.63, 3.8) is 0 Å². The van der Waals surface area contributed by atoms with Crippen molar-refractivity contribution in [1.29, 1.82) is 0 Å². The Morgan fingerprint density at radius 2 is 1.86 bits per heavy atom. The third kappa shape index (κ3) is 3.59. The zero-order valence-corrected chi connectivity index (χ0v) is 17.0. The Morgan fingerprint density at radius 1 is 1.07 bits per heavy atom. The van der Waals surface area contributed by atoms with E-state index in [9.17, 15) is 4.79 Å². The van der Waals surface area contributed by atoms with Gasteiger partial charge in [-0.3, -0.25) is 4.79 Å². The largest absolute Gasteiger partial charge is 0.319 e. The topological polar surface area (TPSA) is 46.9 Å². The van der Waals surface area contributed by atoms with Gasteiger partial charge in [-0.05, 0) is 60.7 Å². The number of thiophene rings is 1. The Labute approximate surface area is 172 Å². The van der Waals surface area contributed by atoms with E-state index in [0.717, 1.165) is 27.4 Å². The van der Waals surface area contributed by atoms with Gasteiger partial charge in [-0.25, -0.2) is 4.68 Å². The number of benzene rings is 2. The maximum atomic E-state index is 13.2. The quantitative estimate of drug-likeness (QED) is 0.442. The summed E-state index contributed by atoms with van der Waals surface area (Å²) in [4.78, 5) is 14.2. The average Bonchev–Trinajstić information content (AvgIpc) is 3.34. The van der Waals surface area contributed by atoms with E-state index in [4.69, 9.17) is 11.6 Å². The molecule has 0 aliphatic carbocycles. The number of anilines is 1. The molecule has 0 spiro atoms. The second kappa shape index (κ2) is 7.62. The van der Waals surface area contributed by atoms with Crippen LogP contribution in [-0.4, -0.2) is 15.7 Å². The highest BCUT2D eigenvalue weighted by Gasteiger charge is 2.19. The molecular formula is C22H18ClN3OS. The summed E-state index contributed by atoms with van der Waals surface area (Å²) < 4.78 is 1.67. The first kappa shape index (κ1) is 18.5. The number of para-hydroxylation sites is 1. The van der Waals surface area contributed by atoms with Crippen LogP contribution in [0, 0.1) is 13.8 Å². The number of nitrogens with zero attached hydrogens (tertiary/aromatic N) is 2. The molecule has 1 N–H and O–H groups in total. The van der Waals surface area contributed by atoms with Gasteiger partial charge in [0.1, 0.15) is 11.4 Å². The zero-order chi connectivity index (χ0) is 19.7. The first-order chi connectivity index (χ1) is 13.5. The molecule has 140 valence electrons. The molecule has 0 saturated carbocycles. The number of nitrogens with one attached hydrogen (secondary N) is 1. The SMILES string of the molecule is Cc1cc(C)c(NC(=O)c2cc(-c3cccs3)nn2-c2ccccc2)c(Cl)c1. The molecule has 0 saturated heterocycles. The van der Waals surface area contributed by atoms with Crippen LogP contribution in [0.25, 0.3) is 16.3 Å². The van der Waals surface area contributed by atoms with Crippen molar-refractivity contribution < 1.29 is 4.79 Å². The second-order valence-electron chi connectivity index (χ2n) is 6.53. The monoisotopic (exact) mass is 407 g/mol. The Kier molecular flexibility index (Phi) is 5.03. The normalized spacial score (nSPS) is 10.8. The summed E-state index contributed by atoms with van der Waals surface area (Å²) in [6, 6.07) is 19.2. The van der Waals surface area contributed by atoms with Gasteiger partial charge in [0.05, 0.1) is 21.3 Å². The van der Waals surface area contributed by atoms with Crippen molar-refractivity contribution >= 4 is 34.5 Å². The van der Waals surface area contributed by atoms with Crippen molar-refractivity contribution in [2.75, 3.05) is 5.32 Å². The number of hydrogen-bond acceptors (Lipinski definition) is 3. The lowest BCUT2D eigenvalue weighted by molar-refractivity contribution is 0.101. The number of halogens is 1. The summed E-state index contributed by atoms with van der Waals surface area (Å²) in [7, 11) is 0. The zero-order valence-electron chi connectivity index (χ0n) is 15.4. The van der Waals surface area contributed by atoms with Crippen LogP contribution in [0.4, 0.5) is 5.69 Å². The molecule has 4 nitrogen and oxygen atoms in total. The number of carbonyl (C=O) groups excluding carboxylic acids is 1. The van der Waals surface area contributed by atoms with E-state index in [1.807, 2.05) is 79.9 Å². The Morgan fingerprint density at radius 3 is 2.54 bits per heavy atom. The molecule has 0 aliphatic rings. The van der Waals surface area contributed by atoms with Crippen LogP contribution < -0.4 is 5.32 Å². The summed E-state index contributed by atoms with van der Waals surface area (Å²) in [5.74, 6) is -0.256. The van der Waals surface area contributed by atoms with Gasteiger partial charge in [0.15, 0.2) is 0 Å². The van der Waals surface area contributed by atoms with Crippen LogP contribution in [-0.2, 0) is 0 Å². The summed E-state index contributed by atoms with van der Waals surface area (Å²) in [6.07, 6.45) is 0. The van der Waals surface area contributed by atoms with Gasteiger partial charge in [0.2, 0.25) is 0 Å². The van der Waals surface area contributed by atoms with Crippen molar-refractivity contribution in [3.8, 4) is 16.3 Å². The van der Waals surface area contributed by atoms with Crippen LogP contribution in [0.15, 0.2) is 66.0 Å². The van der Waals surface area contributed by atoms with Gasteiger partial charge in [-0.15, -0.1) is 11.3 Å². The molecule has 6 heteroatoms. The van der Waals surface area contributed by atoms with Crippen LogP contribution in [0.5, 0.6) is 0 Å². The lowest BCUT2D eigenvalue weighted by Gasteiger charge is -2.12. The van der Waals surface area contributed by atoms with Crippen LogP contribution in [0.1, 0.15) is 21.6 Å². The average molecular weight is 408 g/mol. The lowest BCUT2D eigenvalue weighted by atomic mass is 10.1. The number of amides is 1. The highest BCUT2D eigenvalue weighted by atomic mass is 35.5. The highest BCUT2D eigenvalue weighted by Crippen LogP contribution is 2.29. The highest BCUT2D eigenvalue weighted by molar-refractivity contribution is 7.13. The van der Waals surface area contributed by atoms with E-state index in [-0.39, 0.29) is 5.91 Å². The van der Waals surface area contributed by atoms with Gasteiger partial charge in [0, 0.05) is 0 Å². The van der Waals surface area contributed by atoms with Crippen molar-refractivity contribution in [3.05, 3.63) is 87.9 Å². The molecule has 0 atom stereocenters. The molecular weight excluding hydrogens is 390 g/mol. The predicted octanol–water partition coefficient (Wildman–Crippen LogP) is 6.12. The summed E-state index contributed by atoms with van der Waals surface area (Å²) in [6.45, 7) is 3.91. The molecule has 0 bridgehead atoms. The molecule has 1 amide bonds. The van der Waals surface area contributed by atoms with Crippen LogP contribution >= 0.6 is 22.9 Å². The van der Waals surface area contributed by atoms with E-state index in [1.54, 1.807) is 16.0 Å². The van der Waals surface area contributed by atoms with Crippen molar-refractivity contribution in [2.24, 2.45) is 0 Å². The molecule has 0 aliphatic heterocycles. The van der Waals surface area contributed by atoms with Crippen molar-refractivity contribution in [1.82, 2.24) is 9.78 Å². The van der Waals surface area contributed by atoms with Gasteiger partial charge in [-0.1, -0.05) is 41.9 Å². The van der Waals surface area contributed by atoms with E-state index in [1.165, 1.54) is 0 Å². The Bertz CT molecular complexity index is 1110. The number of aryl methyl sites for hydroxylation is 2. The van der Waals surface area contributed by atoms with E-state index in [2.05, 4.69) is 10.4 Å². The molecule has 0 unspecified atom stereocenters. The first-order valence-electron chi connectivity index (χ1n) is 8.80. The molecule has 2 aromatic carbocycles. The number of hydrogen-bond donors (Lipinski definition) is 1. The van der Waals surface area contributed by atoms with Gasteiger partial charge in [0.25, 0.3) is 5.91 Å². The second-order valence-corrected chi connectivity index (χ2v) is 7.89. The Balaban J connectivity index is 1.77. The maximum Gasteiger partial charge on any atom is 0.274 e. The lowest BCUT2D eigenvalue weighted by Crippen LogP contribution is -2.17. The van der Waals surface area contributed by atoms with Gasteiger partial charge in [-0.2, -0.15) is 5.10 Å². The van der Waals surface area contributed by atoms with Crippen molar-refractivity contribution in [2.45, 2.75) is 13.8 Å². The summed E-state index contributed by atoms with van der Waals surface area (Å²) in [5.41, 5.74) is 4.62. The summed E-state index contributed by atoms with van der Waals surface area (Å²) >= 11 is 7.96. The number of rotatable bonds is 4. The molecule has 2 aromatic heterocycles. The summed E-state index contributed by atoms with van der Waals surface area (Å²) in [5, 5.41) is 10.2. The first-order valence-corrected chi connectivity index (χ1v) is 10.1. The molecule has 2 heterocycles. The van der Waals surface area contributed by atoms with E-state index >= 15 is 0 Å². The minimum absolute atomic E-state index is 0.256. The third-order valence-electron chi connectivity index (χ3n) is 4.39. The number of carbonyl (C=O) groups is 1. The molecule has 28 heavy (non-hydrogen) atoms. The smallest absolute Gasteiger partial charge is 0.274 e. The molecule has 0 fully saturated rings. The molecule has 4 rings (SSSR count). The number of aromatic nitrogens is 2. The minimum atomic E-state index is -0.256. The van der Waals surface area contributed by atoms with E-state index < -0.39 is 0 Å². The van der Waals surface area contributed by atoms with Crippen LogP contribution in [0.2, 0.25) is 5.02 Å². The molecule has 4 aromatic rings. The van der Waals surface area contributed by atoms with E-state index in [0.29, 0.717) is 16.4 Å². The third-order valence-corrected chi connectivity index (χ3v) is 5.58. The fraction of sp³-hybridized carbons (Fsp3) is 0.0909. The van der Waals surface area contributed by atoms with Gasteiger partial charge < -0.3 is 5.32 Å². The van der Waals surface area contributed by atoms with Crippen LogP contribution in [0.3, 0.4) is 0 Å².